The van der Waals surface area contributed by atoms with Crippen LogP contribution >= 0.6 is 0 Å². The number of carbonyl (C=O) groups excluding carboxylic acids is 2. The lowest BCUT2D eigenvalue weighted by Gasteiger charge is -2.19. The maximum atomic E-state index is 11.6. The summed E-state index contributed by atoms with van der Waals surface area (Å²) in [6.45, 7) is 7.80. The molecule has 0 heterocycles. The van der Waals surface area contributed by atoms with Gasteiger partial charge in [0.1, 0.15) is 0 Å². The van der Waals surface area contributed by atoms with Crippen LogP contribution in [-0.4, -0.2) is 18.5 Å². The fourth-order valence-corrected chi connectivity index (χ4v) is 1.57. The number of hydrogen-bond donors (Lipinski definition) is 1. The fraction of sp³-hybridized carbons (Fsp3) is 0.375. The van der Waals surface area contributed by atoms with E-state index in [0.717, 1.165) is 0 Å². The second-order valence-corrected chi connectivity index (χ2v) is 5.48. The third kappa shape index (κ3) is 5.26. The van der Waals surface area contributed by atoms with Gasteiger partial charge in [0.15, 0.2) is 6.61 Å². The molecule has 0 aliphatic heterocycles. The predicted octanol–water partition coefficient (Wildman–Crippen LogP) is 3.04. The number of amides is 1. The highest BCUT2D eigenvalue weighted by molar-refractivity contribution is 5.93. The number of anilines is 1. The van der Waals surface area contributed by atoms with Crippen LogP contribution in [0, 0.1) is 0 Å². The molecule has 0 unspecified atom stereocenters. The topological polar surface area (TPSA) is 55.4 Å². The van der Waals surface area contributed by atoms with Crippen LogP contribution < -0.4 is 5.32 Å². The summed E-state index contributed by atoms with van der Waals surface area (Å²) < 4.78 is 4.76. The molecule has 1 N–H and O–H groups in total. The normalized spacial score (nSPS) is 11.4. The van der Waals surface area contributed by atoms with Crippen LogP contribution in [0.4, 0.5) is 5.69 Å². The van der Waals surface area contributed by atoms with Gasteiger partial charge in [-0.15, -0.1) is 0 Å². The predicted molar refractivity (Wildman–Crippen MR) is 79.5 cm³/mol. The summed E-state index contributed by atoms with van der Waals surface area (Å²) in [6.07, 6.45) is 2.83. The van der Waals surface area contributed by atoms with E-state index in [4.69, 9.17) is 4.74 Å². The smallest absolute Gasteiger partial charge is 0.330 e. The maximum absolute atomic E-state index is 11.6. The molecule has 0 saturated heterocycles. The van der Waals surface area contributed by atoms with Crippen molar-refractivity contribution in [2.75, 3.05) is 11.9 Å². The minimum Gasteiger partial charge on any atom is -0.452 e. The van der Waals surface area contributed by atoms with E-state index in [-0.39, 0.29) is 17.9 Å². The van der Waals surface area contributed by atoms with Crippen molar-refractivity contribution in [1.82, 2.24) is 0 Å². The van der Waals surface area contributed by atoms with Gasteiger partial charge in [-0.05, 0) is 30.0 Å². The van der Waals surface area contributed by atoms with Crippen LogP contribution in [-0.2, 0) is 19.7 Å². The quantitative estimate of drug-likeness (QED) is 0.678. The van der Waals surface area contributed by atoms with E-state index >= 15 is 0 Å². The zero-order chi connectivity index (χ0) is 15.2. The average Bonchev–Trinajstić information content (AvgIpc) is 2.36. The average molecular weight is 275 g/mol. The van der Waals surface area contributed by atoms with Crippen molar-refractivity contribution in [1.29, 1.82) is 0 Å². The van der Waals surface area contributed by atoms with Crippen molar-refractivity contribution in [2.45, 2.75) is 33.1 Å². The monoisotopic (exact) mass is 275 g/mol. The molecule has 20 heavy (non-hydrogen) atoms. The van der Waals surface area contributed by atoms with Gasteiger partial charge in [-0.1, -0.05) is 39.0 Å². The minimum absolute atomic E-state index is 0.0740. The Morgan fingerprint density at radius 3 is 2.30 bits per heavy atom. The first kappa shape index (κ1) is 16.0. The molecular weight excluding hydrogens is 254 g/mol. The second-order valence-electron chi connectivity index (χ2n) is 5.48. The highest BCUT2D eigenvalue weighted by Crippen LogP contribution is 2.23. The molecule has 1 aromatic rings. The molecule has 0 fully saturated rings. The molecule has 0 atom stereocenters. The van der Waals surface area contributed by atoms with Crippen molar-refractivity contribution >= 4 is 17.6 Å². The second kappa shape index (κ2) is 6.89. The molecule has 0 saturated carbocycles. The Labute approximate surface area is 119 Å². The highest BCUT2D eigenvalue weighted by atomic mass is 16.5. The summed E-state index contributed by atoms with van der Waals surface area (Å²) in [7, 11) is 0. The van der Waals surface area contributed by atoms with E-state index in [0.29, 0.717) is 5.69 Å². The van der Waals surface area contributed by atoms with Gasteiger partial charge in [0, 0.05) is 11.8 Å². The van der Waals surface area contributed by atoms with Crippen LogP contribution in [0.25, 0.3) is 0 Å². The first-order chi connectivity index (χ1) is 9.32. The zero-order valence-electron chi connectivity index (χ0n) is 12.4. The van der Waals surface area contributed by atoms with E-state index in [1.165, 1.54) is 11.6 Å². The Bertz CT molecular complexity index is 495. The molecule has 4 heteroatoms. The van der Waals surface area contributed by atoms with E-state index in [2.05, 4.69) is 26.1 Å². The van der Waals surface area contributed by atoms with Gasteiger partial charge in [0.05, 0.1) is 0 Å². The summed E-state index contributed by atoms with van der Waals surface area (Å²) in [5.74, 6) is -0.878. The van der Waals surface area contributed by atoms with Crippen LogP contribution in [0.1, 0.15) is 33.3 Å². The lowest BCUT2D eigenvalue weighted by molar-refractivity contribution is -0.142. The molecule has 0 bridgehead atoms. The van der Waals surface area contributed by atoms with E-state index in [9.17, 15) is 9.59 Å². The van der Waals surface area contributed by atoms with Gasteiger partial charge >= 0.3 is 5.97 Å². The highest BCUT2D eigenvalue weighted by Gasteiger charge is 2.13. The van der Waals surface area contributed by atoms with Crippen molar-refractivity contribution in [3.63, 3.8) is 0 Å². The van der Waals surface area contributed by atoms with Crippen molar-refractivity contribution in [3.8, 4) is 0 Å². The number of esters is 1. The Balaban J connectivity index is 2.52. The van der Waals surface area contributed by atoms with Gasteiger partial charge in [0.25, 0.3) is 5.91 Å². The minimum atomic E-state index is -0.522. The van der Waals surface area contributed by atoms with E-state index in [1.54, 1.807) is 13.0 Å². The molecule has 0 aromatic heterocycles. The van der Waals surface area contributed by atoms with Gasteiger partial charge < -0.3 is 10.1 Å². The third-order valence-corrected chi connectivity index (χ3v) is 2.68. The SMILES string of the molecule is C/C=C/C(=O)OCC(=O)Nc1ccc(C(C)(C)C)cc1. The van der Waals surface area contributed by atoms with E-state index < -0.39 is 5.97 Å². The van der Waals surface area contributed by atoms with Crippen molar-refractivity contribution < 1.29 is 14.3 Å². The number of allylic oxidation sites excluding steroid dienone is 1. The first-order valence-corrected chi connectivity index (χ1v) is 6.53. The van der Waals surface area contributed by atoms with Gasteiger partial charge in [0.2, 0.25) is 0 Å². The number of ether oxygens (including phenoxy) is 1. The van der Waals surface area contributed by atoms with Gasteiger partial charge in [-0.2, -0.15) is 0 Å². The first-order valence-electron chi connectivity index (χ1n) is 6.53. The number of nitrogens with one attached hydrogen (secondary N) is 1. The van der Waals surface area contributed by atoms with Crippen molar-refractivity contribution in [2.24, 2.45) is 0 Å². The Morgan fingerprint density at radius 1 is 1.20 bits per heavy atom. The molecule has 108 valence electrons. The molecule has 0 spiro atoms. The summed E-state index contributed by atoms with van der Waals surface area (Å²) in [4.78, 5) is 22.7. The standard InChI is InChI=1S/C16H21NO3/c1-5-6-15(19)20-11-14(18)17-13-9-7-12(8-10-13)16(2,3)4/h5-10H,11H2,1-4H3,(H,17,18)/b6-5+. The van der Waals surface area contributed by atoms with Crippen molar-refractivity contribution in [3.05, 3.63) is 42.0 Å². The summed E-state index contributed by atoms with van der Waals surface area (Å²) in [5.41, 5.74) is 1.95. The molecule has 1 amide bonds. The lowest BCUT2D eigenvalue weighted by atomic mass is 9.87. The van der Waals surface area contributed by atoms with Gasteiger partial charge in [-0.25, -0.2) is 4.79 Å². The Kier molecular flexibility index (Phi) is 5.50. The summed E-state index contributed by atoms with van der Waals surface area (Å²) in [5, 5.41) is 2.68. The maximum Gasteiger partial charge on any atom is 0.330 e. The number of hydrogen-bond acceptors (Lipinski definition) is 3. The van der Waals surface area contributed by atoms with E-state index in [1.807, 2.05) is 24.3 Å². The molecular formula is C16H21NO3. The third-order valence-electron chi connectivity index (χ3n) is 2.68. The zero-order valence-corrected chi connectivity index (χ0v) is 12.4. The van der Waals surface area contributed by atoms with Crippen LogP contribution in [0.2, 0.25) is 0 Å². The summed E-state index contributed by atoms with van der Waals surface area (Å²) >= 11 is 0. The van der Waals surface area contributed by atoms with Crippen LogP contribution in [0.15, 0.2) is 36.4 Å². The fourth-order valence-electron chi connectivity index (χ4n) is 1.57. The molecule has 1 aromatic carbocycles. The molecule has 0 radical (unpaired) electrons. The molecule has 1 rings (SSSR count). The van der Waals surface area contributed by atoms with Crippen LogP contribution in [0.3, 0.4) is 0 Å². The molecule has 4 nitrogen and oxygen atoms in total. The number of benzene rings is 1. The van der Waals surface area contributed by atoms with Gasteiger partial charge in [-0.3, -0.25) is 4.79 Å². The summed E-state index contributed by atoms with van der Waals surface area (Å²) in [6, 6.07) is 7.63. The lowest BCUT2D eigenvalue weighted by Crippen LogP contribution is -2.20. The Hall–Kier alpha value is -2.10. The van der Waals surface area contributed by atoms with Crippen LogP contribution in [0.5, 0.6) is 0 Å². The Morgan fingerprint density at radius 2 is 1.80 bits per heavy atom. The largest absolute Gasteiger partial charge is 0.452 e. The molecule has 0 aliphatic rings. The number of rotatable bonds is 4. The molecule has 0 aliphatic carbocycles. The number of carbonyl (C=O) groups is 2.